The highest BCUT2D eigenvalue weighted by molar-refractivity contribution is 7.89. The molecule has 1 aliphatic rings. The number of nitrogens with zero attached hydrogens (tertiary/aromatic N) is 2. The van der Waals surface area contributed by atoms with Gasteiger partial charge in [0.15, 0.2) is 0 Å². The van der Waals surface area contributed by atoms with E-state index in [1.54, 1.807) is 37.8 Å². The topological polar surface area (TPSA) is 66.9 Å². The van der Waals surface area contributed by atoms with E-state index in [0.29, 0.717) is 50.5 Å². The maximum atomic E-state index is 12.7. The Morgan fingerprint density at radius 2 is 1.83 bits per heavy atom. The minimum absolute atomic E-state index is 0.149. The van der Waals surface area contributed by atoms with Gasteiger partial charge >= 0.3 is 0 Å². The fraction of sp³-hybridized carbons (Fsp3) is 0.562. The quantitative estimate of drug-likeness (QED) is 0.815. The summed E-state index contributed by atoms with van der Waals surface area (Å²) in [5.74, 6) is -0.149. The molecule has 0 atom stereocenters. The maximum Gasteiger partial charge on any atom is 0.254 e. The fourth-order valence-electron chi connectivity index (χ4n) is 2.66. The molecule has 0 radical (unpaired) electrons. The molecule has 1 aromatic rings. The third-order valence-corrected chi connectivity index (χ3v) is 6.25. The minimum Gasteiger partial charge on any atom is -0.378 e. The van der Waals surface area contributed by atoms with Gasteiger partial charge in [0.05, 0.1) is 18.1 Å². The van der Waals surface area contributed by atoms with Crippen molar-refractivity contribution in [3.8, 4) is 0 Å². The van der Waals surface area contributed by atoms with Gasteiger partial charge in [0, 0.05) is 31.7 Å². The number of hydrogen-bond acceptors (Lipinski definition) is 4. The zero-order chi connectivity index (χ0) is 17.0. The average molecular weight is 340 g/mol. The first-order valence-electron chi connectivity index (χ1n) is 7.89. The van der Waals surface area contributed by atoms with E-state index in [4.69, 9.17) is 4.74 Å². The highest BCUT2D eigenvalue weighted by atomic mass is 32.2. The Balaban J connectivity index is 2.37. The van der Waals surface area contributed by atoms with Gasteiger partial charge in [-0.2, -0.15) is 4.31 Å². The van der Waals surface area contributed by atoms with Gasteiger partial charge < -0.3 is 9.64 Å². The predicted octanol–water partition coefficient (Wildman–Crippen LogP) is 1.50. The Morgan fingerprint density at radius 3 is 2.39 bits per heavy atom. The van der Waals surface area contributed by atoms with Gasteiger partial charge in [0.25, 0.3) is 5.91 Å². The van der Waals surface area contributed by atoms with Crippen molar-refractivity contribution < 1.29 is 17.9 Å². The standard InChI is InChI=1S/C16H24N2O4S/c1-4-18(5-2)23(20,21)15-12-14(7-6-13(15)3)16(19)17-8-10-22-11-9-17/h6-7,12H,4-5,8-11H2,1-3H3. The highest BCUT2D eigenvalue weighted by Crippen LogP contribution is 2.22. The van der Waals surface area contributed by atoms with Crippen LogP contribution < -0.4 is 0 Å². The number of benzene rings is 1. The van der Waals surface area contributed by atoms with Crippen molar-refractivity contribution in [2.24, 2.45) is 0 Å². The molecule has 0 saturated carbocycles. The summed E-state index contributed by atoms with van der Waals surface area (Å²) in [5.41, 5.74) is 1.05. The molecule has 0 aliphatic carbocycles. The summed E-state index contributed by atoms with van der Waals surface area (Å²) in [7, 11) is -3.58. The molecule has 0 unspecified atom stereocenters. The second-order valence-electron chi connectivity index (χ2n) is 5.47. The Kier molecular flexibility index (Phi) is 5.78. The van der Waals surface area contributed by atoms with Gasteiger partial charge in [-0.05, 0) is 24.6 Å². The molecule has 0 spiro atoms. The van der Waals surface area contributed by atoms with Crippen molar-refractivity contribution in [2.75, 3.05) is 39.4 Å². The number of amides is 1. The number of sulfonamides is 1. The van der Waals surface area contributed by atoms with Gasteiger partial charge in [0.1, 0.15) is 0 Å². The number of carbonyl (C=O) groups excluding carboxylic acids is 1. The first-order chi connectivity index (χ1) is 10.9. The van der Waals surface area contributed by atoms with E-state index in [-0.39, 0.29) is 10.8 Å². The summed E-state index contributed by atoms with van der Waals surface area (Å²) < 4.78 is 32.1. The van der Waals surface area contributed by atoms with Crippen LogP contribution in [0.25, 0.3) is 0 Å². The van der Waals surface area contributed by atoms with Crippen LogP contribution in [0.5, 0.6) is 0 Å². The lowest BCUT2D eigenvalue weighted by Crippen LogP contribution is -2.40. The second kappa shape index (κ2) is 7.42. The SMILES string of the molecule is CCN(CC)S(=O)(=O)c1cc(C(=O)N2CCOCC2)ccc1C. The minimum atomic E-state index is -3.58. The Bertz CT molecular complexity index is 663. The normalized spacial score (nSPS) is 15.9. The van der Waals surface area contributed by atoms with Crippen LogP contribution in [-0.4, -0.2) is 62.9 Å². The van der Waals surface area contributed by atoms with Gasteiger partial charge in [-0.25, -0.2) is 8.42 Å². The van der Waals surface area contributed by atoms with Crippen LogP contribution in [0.15, 0.2) is 23.1 Å². The molecule has 128 valence electrons. The number of ether oxygens (including phenoxy) is 1. The van der Waals surface area contributed by atoms with E-state index in [1.165, 1.54) is 10.4 Å². The Morgan fingerprint density at radius 1 is 1.22 bits per heavy atom. The summed E-state index contributed by atoms with van der Waals surface area (Å²) in [4.78, 5) is 14.5. The largest absolute Gasteiger partial charge is 0.378 e. The molecule has 6 nitrogen and oxygen atoms in total. The van der Waals surface area contributed by atoms with Gasteiger partial charge in [0.2, 0.25) is 10.0 Å². The molecule has 0 N–H and O–H groups in total. The number of rotatable bonds is 5. The van der Waals surface area contributed by atoms with Crippen LogP contribution in [0.3, 0.4) is 0 Å². The van der Waals surface area contributed by atoms with Crippen LogP contribution in [-0.2, 0) is 14.8 Å². The molecular weight excluding hydrogens is 316 g/mol. The molecule has 23 heavy (non-hydrogen) atoms. The molecule has 1 amide bonds. The number of aryl methyl sites for hydroxylation is 1. The molecular formula is C16H24N2O4S. The van der Waals surface area contributed by atoms with Gasteiger partial charge in [-0.3, -0.25) is 4.79 Å². The summed E-state index contributed by atoms with van der Waals surface area (Å²) in [6.45, 7) is 8.26. The summed E-state index contributed by atoms with van der Waals surface area (Å²) >= 11 is 0. The fourth-order valence-corrected chi connectivity index (χ4v) is 4.37. The lowest BCUT2D eigenvalue weighted by Gasteiger charge is -2.27. The number of hydrogen-bond donors (Lipinski definition) is 0. The number of morpholine rings is 1. The van der Waals surface area contributed by atoms with Crippen molar-refractivity contribution in [3.05, 3.63) is 29.3 Å². The third kappa shape index (κ3) is 3.73. The van der Waals surface area contributed by atoms with E-state index in [1.807, 2.05) is 0 Å². The lowest BCUT2D eigenvalue weighted by atomic mass is 10.1. The second-order valence-corrected chi connectivity index (χ2v) is 7.38. The van der Waals surface area contributed by atoms with Crippen molar-refractivity contribution >= 4 is 15.9 Å². The van der Waals surface area contributed by atoms with Crippen LogP contribution in [0.4, 0.5) is 0 Å². The third-order valence-electron chi connectivity index (χ3n) is 4.06. The van der Waals surface area contributed by atoms with E-state index in [9.17, 15) is 13.2 Å². The molecule has 7 heteroatoms. The highest BCUT2D eigenvalue weighted by Gasteiger charge is 2.26. The lowest BCUT2D eigenvalue weighted by molar-refractivity contribution is 0.0302. The summed E-state index contributed by atoms with van der Waals surface area (Å²) in [6, 6.07) is 4.89. The van der Waals surface area contributed by atoms with Crippen LogP contribution >= 0.6 is 0 Å². The molecule has 1 saturated heterocycles. The van der Waals surface area contributed by atoms with Gasteiger partial charge in [-0.15, -0.1) is 0 Å². The maximum absolute atomic E-state index is 12.7. The number of carbonyl (C=O) groups is 1. The van der Waals surface area contributed by atoms with E-state index < -0.39 is 10.0 Å². The summed E-state index contributed by atoms with van der Waals surface area (Å²) in [6.07, 6.45) is 0. The van der Waals surface area contributed by atoms with Crippen LogP contribution in [0.1, 0.15) is 29.8 Å². The van der Waals surface area contributed by atoms with E-state index >= 15 is 0 Å². The first kappa shape index (κ1) is 17.9. The molecule has 1 aliphatic heterocycles. The van der Waals surface area contributed by atoms with Crippen LogP contribution in [0.2, 0.25) is 0 Å². The summed E-state index contributed by atoms with van der Waals surface area (Å²) in [5, 5.41) is 0. The van der Waals surface area contributed by atoms with Crippen molar-refractivity contribution in [2.45, 2.75) is 25.7 Å². The molecule has 1 heterocycles. The van der Waals surface area contributed by atoms with E-state index in [2.05, 4.69) is 0 Å². The molecule has 1 aromatic carbocycles. The average Bonchev–Trinajstić information content (AvgIpc) is 2.56. The van der Waals surface area contributed by atoms with Crippen molar-refractivity contribution in [1.82, 2.24) is 9.21 Å². The van der Waals surface area contributed by atoms with E-state index in [0.717, 1.165) is 0 Å². The first-order valence-corrected chi connectivity index (χ1v) is 9.33. The Labute approximate surface area is 138 Å². The Hall–Kier alpha value is -1.44. The smallest absolute Gasteiger partial charge is 0.254 e. The van der Waals surface area contributed by atoms with Crippen molar-refractivity contribution in [1.29, 1.82) is 0 Å². The molecule has 0 bridgehead atoms. The molecule has 2 rings (SSSR count). The van der Waals surface area contributed by atoms with Crippen LogP contribution in [0, 0.1) is 6.92 Å². The zero-order valence-corrected chi connectivity index (χ0v) is 14.7. The molecule has 0 aromatic heterocycles. The van der Waals surface area contributed by atoms with Gasteiger partial charge in [-0.1, -0.05) is 19.9 Å². The molecule has 1 fully saturated rings. The zero-order valence-electron chi connectivity index (χ0n) is 13.9. The monoisotopic (exact) mass is 340 g/mol. The van der Waals surface area contributed by atoms with Crippen molar-refractivity contribution in [3.63, 3.8) is 0 Å². The predicted molar refractivity (Wildman–Crippen MR) is 88.0 cm³/mol.